The number of hydrogen-bond acceptors (Lipinski definition) is 11. The maximum absolute atomic E-state index is 13.9. The normalized spacial score (nSPS) is 31.4. The fraction of sp³-hybridized carbons (Fsp3) is 0.806. The lowest BCUT2D eigenvalue weighted by molar-refractivity contribution is -0.224. The molecule has 240 valence electrons. The molecule has 0 amide bonds. The van der Waals surface area contributed by atoms with E-state index >= 15 is 0 Å². The van der Waals surface area contributed by atoms with Gasteiger partial charge in [0.25, 0.3) is 0 Å². The Balaban J connectivity index is 2.34. The largest absolute Gasteiger partial charge is 0.463 e. The zero-order valence-corrected chi connectivity index (χ0v) is 26.9. The quantitative estimate of drug-likeness (QED) is 0.174. The molecule has 0 bridgehead atoms. The number of ketones is 1. The summed E-state index contributed by atoms with van der Waals surface area (Å²) in [6, 6.07) is 0. The van der Waals surface area contributed by atoms with Crippen LogP contribution in [0.4, 0.5) is 0 Å². The van der Waals surface area contributed by atoms with Gasteiger partial charge in [0, 0.05) is 72.0 Å². The lowest BCUT2D eigenvalue weighted by atomic mass is 9.73. The zero-order chi connectivity index (χ0) is 32.0. The maximum atomic E-state index is 13.9. The van der Waals surface area contributed by atoms with E-state index in [1.165, 1.54) is 35.0 Å². The Bertz CT molecular complexity index is 991. The number of hydrogen-bond donors (Lipinski definition) is 0. The minimum atomic E-state index is -1.19. The Morgan fingerprint density at radius 3 is 2.14 bits per heavy atom. The van der Waals surface area contributed by atoms with Crippen molar-refractivity contribution < 1.29 is 52.3 Å². The van der Waals surface area contributed by atoms with Crippen LogP contribution in [-0.4, -0.2) is 92.8 Å². The molecule has 0 radical (unpaired) electrons. The molecule has 0 aliphatic carbocycles. The lowest BCUT2D eigenvalue weighted by Crippen LogP contribution is -2.57. The lowest BCUT2D eigenvalue weighted by Gasteiger charge is -2.49. The van der Waals surface area contributed by atoms with Crippen molar-refractivity contribution in [2.24, 2.45) is 11.3 Å². The van der Waals surface area contributed by atoms with Gasteiger partial charge in [-0.3, -0.25) is 19.2 Å². The van der Waals surface area contributed by atoms with Gasteiger partial charge in [0.1, 0.15) is 18.3 Å². The molecule has 11 nitrogen and oxygen atoms in total. The second kappa shape index (κ2) is 14.9. The summed E-state index contributed by atoms with van der Waals surface area (Å²) in [5.41, 5.74) is -0.838. The second-order valence-electron chi connectivity index (χ2n) is 12.4. The Hall–Kier alpha value is -2.34. The van der Waals surface area contributed by atoms with E-state index in [9.17, 15) is 19.2 Å². The van der Waals surface area contributed by atoms with E-state index in [1.807, 2.05) is 27.7 Å². The standard InChI is InChI=1S/C31H50O11/c1-17-15-31(9,42-19(3)18(17)2)29(40-22(6)34)24(35)13-25(37-11)26-14-28(39-21(5)33)30(7,8)27(41-26)12-23(36-10)16-38-20(4)32/h18-19,23,25-29H,1,12-16H2,2-11H3/t18-,19-,23+,25?,26+,27-,28?,29-,31-/m1/s1. The van der Waals surface area contributed by atoms with Crippen LogP contribution < -0.4 is 0 Å². The highest BCUT2D eigenvalue weighted by molar-refractivity contribution is 5.87. The smallest absolute Gasteiger partial charge is 0.303 e. The number of carbonyl (C=O) groups excluding carboxylic acids is 4. The molecule has 2 rings (SSSR count). The average Bonchev–Trinajstić information content (AvgIpc) is 2.88. The molecule has 0 aromatic carbocycles. The molecule has 0 saturated carbocycles. The summed E-state index contributed by atoms with van der Waals surface area (Å²) in [6.07, 6.45) is -3.57. The minimum absolute atomic E-state index is 0.0296. The average molecular weight is 599 g/mol. The van der Waals surface area contributed by atoms with E-state index in [4.69, 9.17) is 33.2 Å². The first-order valence-corrected chi connectivity index (χ1v) is 14.5. The molecular weight excluding hydrogens is 548 g/mol. The number of rotatable bonds is 13. The molecule has 0 aromatic rings. The molecule has 42 heavy (non-hydrogen) atoms. The third-order valence-corrected chi connectivity index (χ3v) is 8.67. The van der Waals surface area contributed by atoms with E-state index in [2.05, 4.69) is 6.58 Å². The maximum Gasteiger partial charge on any atom is 0.303 e. The first kappa shape index (κ1) is 35.9. The predicted octanol–water partition coefficient (Wildman–Crippen LogP) is 3.74. The summed E-state index contributed by atoms with van der Waals surface area (Å²) in [5, 5.41) is 0. The van der Waals surface area contributed by atoms with Crippen LogP contribution in [0, 0.1) is 11.3 Å². The summed E-state index contributed by atoms with van der Waals surface area (Å²) in [4.78, 5) is 49.4. The van der Waals surface area contributed by atoms with Gasteiger partial charge in [-0.1, -0.05) is 32.9 Å². The minimum Gasteiger partial charge on any atom is -0.463 e. The highest BCUT2D eigenvalue weighted by atomic mass is 16.6. The van der Waals surface area contributed by atoms with Gasteiger partial charge in [-0.25, -0.2) is 0 Å². The number of carbonyl (C=O) groups is 4. The van der Waals surface area contributed by atoms with Crippen molar-refractivity contribution in [2.45, 2.75) is 129 Å². The summed E-state index contributed by atoms with van der Waals surface area (Å²) in [6.45, 7) is 17.6. The van der Waals surface area contributed by atoms with Crippen molar-refractivity contribution >= 4 is 23.7 Å². The van der Waals surface area contributed by atoms with Crippen molar-refractivity contribution in [1.82, 2.24) is 0 Å². The first-order valence-electron chi connectivity index (χ1n) is 14.5. The Labute approximate surface area is 249 Å². The van der Waals surface area contributed by atoms with E-state index in [-0.39, 0.29) is 37.3 Å². The highest BCUT2D eigenvalue weighted by Crippen LogP contribution is 2.43. The van der Waals surface area contributed by atoms with Gasteiger partial charge in [0.05, 0.1) is 30.5 Å². The molecule has 0 aromatic heterocycles. The Morgan fingerprint density at radius 1 is 1.00 bits per heavy atom. The Morgan fingerprint density at radius 2 is 1.64 bits per heavy atom. The number of ether oxygens (including phenoxy) is 7. The number of esters is 3. The zero-order valence-electron chi connectivity index (χ0n) is 26.9. The fourth-order valence-corrected chi connectivity index (χ4v) is 5.88. The van der Waals surface area contributed by atoms with Crippen molar-refractivity contribution in [3.8, 4) is 0 Å². The molecule has 2 heterocycles. The van der Waals surface area contributed by atoms with Gasteiger partial charge in [-0.2, -0.15) is 0 Å². The third kappa shape index (κ3) is 9.08. The summed E-state index contributed by atoms with van der Waals surface area (Å²) < 4.78 is 40.6. The van der Waals surface area contributed by atoms with E-state index in [0.29, 0.717) is 12.8 Å². The first-order chi connectivity index (χ1) is 19.4. The molecule has 0 N–H and O–H groups in total. The molecule has 2 aliphatic rings. The van der Waals surface area contributed by atoms with Gasteiger partial charge in [-0.05, 0) is 13.8 Å². The van der Waals surface area contributed by atoms with Crippen LogP contribution >= 0.6 is 0 Å². The van der Waals surface area contributed by atoms with Gasteiger partial charge < -0.3 is 33.2 Å². The van der Waals surface area contributed by atoms with Crippen LogP contribution in [0.15, 0.2) is 12.2 Å². The third-order valence-electron chi connectivity index (χ3n) is 8.67. The Kier molecular flexibility index (Phi) is 12.7. The van der Waals surface area contributed by atoms with Gasteiger partial charge in [0.15, 0.2) is 11.9 Å². The van der Waals surface area contributed by atoms with Crippen LogP contribution in [0.3, 0.4) is 0 Å². The molecule has 11 heteroatoms. The molecular formula is C31H50O11. The van der Waals surface area contributed by atoms with E-state index in [1.54, 1.807) is 6.92 Å². The molecule has 2 saturated heterocycles. The van der Waals surface area contributed by atoms with Gasteiger partial charge in [-0.15, -0.1) is 0 Å². The summed E-state index contributed by atoms with van der Waals surface area (Å²) in [5.74, 6) is -1.77. The van der Waals surface area contributed by atoms with Crippen molar-refractivity contribution in [3.05, 3.63) is 12.2 Å². The molecule has 2 aliphatic heterocycles. The van der Waals surface area contributed by atoms with Crippen LogP contribution in [0.2, 0.25) is 0 Å². The molecule has 2 unspecified atom stereocenters. The number of methoxy groups -OCH3 is 2. The molecule has 9 atom stereocenters. The second-order valence-corrected chi connectivity index (χ2v) is 12.4. The topological polar surface area (TPSA) is 133 Å². The highest BCUT2D eigenvalue weighted by Gasteiger charge is 2.52. The van der Waals surface area contributed by atoms with E-state index < -0.39 is 65.5 Å². The summed E-state index contributed by atoms with van der Waals surface area (Å²) in [7, 11) is 2.99. The van der Waals surface area contributed by atoms with Crippen molar-refractivity contribution in [2.75, 3.05) is 20.8 Å². The van der Waals surface area contributed by atoms with Crippen LogP contribution in [-0.2, 0) is 52.3 Å². The van der Waals surface area contributed by atoms with E-state index in [0.717, 1.165) is 5.57 Å². The van der Waals surface area contributed by atoms with Crippen LogP contribution in [0.1, 0.15) is 81.1 Å². The number of Topliss-reactive ketones (excluding diaryl/α,β-unsaturated/α-hetero) is 1. The monoisotopic (exact) mass is 598 g/mol. The molecule has 2 fully saturated rings. The van der Waals surface area contributed by atoms with Crippen LogP contribution in [0.25, 0.3) is 0 Å². The van der Waals surface area contributed by atoms with Crippen LogP contribution in [0.5, 0.6) is 0 Å². The van der Waals surface area contributed by atoms with Gasteiger partial charge in [0.2, 0.25) is 0 Å². The predicted molar refractivity (Wildman–Crippen MR) is 153 cm³/mol. The van der Waals surface area contributed by atoms with Crippen molar-refractivity contribution in [1.29, 1.82) is 0 Å². The summed E-state index contributed by atoms with van der Waals surface area (Å²) >= 11 is 0. The van der Waals surface area contributed by atoms with Crippen molar-refractivity contribution in [3.63, 3.8) is 0 Å². The van der Waals surface area contributed by atoms with Gasteiger partial charge >= 0.3 is 17.9 Å². The fourth-order valence-electron chi connectivity index (χ4n) is 5.88. The molecule has 0 spiro atoms. The SMILES string of the molecule is C=C1C[C@](C)([C@H](OC(C)=O)C(=O)CC(OC)[C@@H]2CC(OC(C)=O)C(C)(C)[C@@H](C[C@@H](COC(C)=O)OC)O2)O[C@H](C)[C@@H]1C.